The van der Waals surface area contributed by atoms with Gasteiger partial charge in [-0.25, -0.2) is 4.98 Å². The first-order valence-corrected chi connectivity index (χ1v) is 7.61. The number of nitrogens with zero attached hydrogens (tertiary/aromatic N) is 1. The molecule has 1 aromatic rings. The molecule has 0 radical (unpaired) electrons. The van der Waals surface area contributed by atoms with Crippen LogP contribution in [0.2, 0.25) is 0 Å². The Labute approximate surface area is 130 Å². The first-order chi connectivity index (χ1) is 9.97. The summed E-state index contributed by atoms with van der Waals surface area (Å²) in [5, 5.41) is 12.2. The molecule has 2 aliphatic carbocycles. The number of hydrogen-bond acceptors (Lipinski definition) is 3. The number of anilines is 1. The predicted molar refractivity (Wildman–Crippen MR) is 80.7 cm³/mol. The second-order valence-corrected chi connectivity index (χ2v) is 6.56. The molecule has 3 rings (SSSR count). The Bertz CT molecular complexity index is 644. The van der Waals surface area contributed by atoms with E-state index in [1.165, 1.54) is 0 Å². The third kappa shape index (κ3) is 2.48. The summed E-state index contributed by atoms with van der Waals surface area (Å²) in [6, 6.07) is 1.86. The molecule has 6 heteroatoms. The van der Waals surface area contributed by atoms with E-state index in [0.29, 0.717) is 5.82 Å². The van der Waals surface area contributed by atoms with Crippen molar-refractivity contribution in [2.75, 3.05) is 5.32 Å². The predicted octanol–water partition coefficient (Wildman–Crippen LogP) is 2.61. The van der Waals surface area contributed by atoms with Gasteiger partial charge < -0.3 is 10.4 Å². The number of carboxylic acid groups (broad SMARTS) is 1. The van der Waals surface area contributed by atoms with E-state index < -0.39 is 17.8 Å². The third-order valence-electron chi connectivity index (χ3n) is 4.33. The lowest BCUT2D eigenvalue weighted by Gasteiger charge is -2.23. The van der Waals surface area contributed by atoms with Crippen LogP contribution in [0.1, 0.15) is 12.0 Å². The van der Waals surface area contributed by atoms with Crippen molar-refractivity contribution in [3.63, 3.8) is 0 Å². The highest BCUT2D eigenvalue weighted by molar-refractivity contribution is 9.10. The van der Waals surface area contributed by atoms with Gasteiger partial charge in [0.1, 0.15) is 5.82 Å². The van der Waals surface area contributed by atoms with E-state index in [1.807, 2.05) is 25.1 Å². The number of pyridine rings is 1. The van der Waals surface area contributed by atoms with Crippen molar-refractivity contribution in [2.24, 2.45) is 23.7 Å². The first kappa shape index (κ1) is 14.3. The first-order valence-electron chi connectivity index (χ1n) is 6.81. The summed E-state index contributed by atoms with van der Waals surface area (Å²) in [4.78, 5) is 28.1. The highest BCUT2D eigenvalue weighted by Gasteiger charge is 2.51. The average Bonchev–Trinajstić information content (AvgIpc) is 3.02. The molecule has 5 nitrogen and oxygen atoms in total. The minimum atomic E-state index is -0.896. The van der Waals surface area contributed by atoms with Crippen molar-refractivity contribution in [1.29, 1.82) is 0 Å². The summed E-state index contributed by atoms with van der Waals surface area (Å²) >= 11 is 3.32. The van der Waals surface area contributed by atoms with Crippen LogP contribution < -0.4 is 5.32 Å². The van der Waals surface area contributed by atoms with Crippen molar-refractivity contribution >= 4 is 33.6 Å². The van der Waals surface area contributed by atoms with E-state index in [0.717, 1.165) is 16.5 Å². The zero-order chi connectivity index (χ0) is 15.1. The van der Waals surface area contributed by atoms with Gasteiger partial charge in [-0.15, -0.1) is 0 Å². The molecule has 1 fully saturated rings. The normalized spacial score (nSPS) is 29.6. The maximum Gasteiger partial charge on any atom is 0.307 e. The number of fused-ring (bicyclic) bond motifs is 2. The minimum Gasteiger partial charge on any atom is -0.481 e. The third-order valence-corrected chi connectivity index (χ3v) is 4.77. The average molecular weight is 351 g/mol. The van der Waals surface area contributed by atoms with Crippen LogP contribution in [0, 0.1) is 30.6 Å². The fourth-order valence-electron chi connectivity index (χ4n) is 3.39. The fraction of sp³-hybridized carbons (Fsp3) is 0.400. The number of carbonyl (C=O) groups is 2. The number of allylic oxidation sites excluding steroid dienone is 2. The van der Waals surface area contributed by atoms with Gasteiger partial charge in [0, 0.05) is 10.7 Å². The lowest BCUT2D eigenvalue weighted by molar-refractivity contribution is -0.146. The number of amides is 1. The molecule has 1 saturated carbocycles. The lowest BCUT2D eigenvalue weighted by atomic mass is 9.82. The molecule has 0 spiro atoms. The standard InChI is InChI=1S/C15H15BrN2O3/c1-7-4-10(16)6-17-13(7)18-14(19)11-8-2-3-9(5-8)12(11)15(20)21/h2-4,6,8-9,11-12H,5H2,1H3,(H,20,21)(H,17,18,19)/t8?,9?,11-,12+/m0/s1. The maximum atomic E-state index is 12.5. The Balaban J connectivity index is 1.82. The second-order valence-electron chi connectivity index (χ2n) is 5.65. The highest BCUT2D eigenvalue weighted by atomic mass is 79.9. The SMILES string of the molecule is Cc1cc(Br)cnc1NC(=O)[C@H]1C2C=CC(C2)[C@H]1C(=O)O. The number of nitrogens with one attached hydrogen (secondary N) is 1. The quantitative estimate of drug-likeness (QED) is 0.821. The molecule has 0 aliphatic heterocycles. The summed E-state index contributed by atoms with van der Waals surface area (Å²) in [5.74, 6) is -1.81. The highest BCUT2D eigenvalue weighted by Crippen LogP contribution is 2.48. The minimum absolute atomic E-state index is 0.0202. The van der Waals surface area contributed by atoms with Gasteiger partial charge in [-0.1, -0.05) is 12.2 Å². The second kappa shape index (κ2) is 5.26. The van der Waals surface area contributed by atoms with E-state index in [9.17, 15) is 14.7 Å². The number of aliphatic carboxylic acids is 1. The van der Waals surface area contributed by atoms with Crippen LogP contribution in [0.15, 0.2) is 28.9 Å². The number of aryl methyl sites for hydroxylation is 1. The van der Waals surface area contributed by atoms with E-state index in [1.54, 1.807) is 6.20 Å². The maximum absolute atomic E-state index is 12.5. The topological polar surface area (TPSA) is 79.3 Å². The van der Waals surface area contributed by atoms with Crippen LogP contribution in [0.4, 0.5) is 5.82 Å². The summed E-state index contributed by atoms with van der Waals surface area (Å²) < 4.78 is 0.837. The summed E-state index contributed by atoms with van der Waals surface area (Å²) in [5.41, 5.74) is 0.836. The van der Waals surface area contributed by atoms with E-state index in [-0.39, 0.29) is 17.7 Å². The number of aromatic nitrogens is 1. The Hall–Kier alpha value is -1.69. The van der Waals surface area contributed by atoms with Crippen molar-refractivity contribution in [3.05, 3.63) is 34.5 Å². The largest absolute Gasteiger partial charge is 0.481 e. The summed E-state index contributed by atoms with van der Waals surface area (Å²) in [6.07, 6.45) is 6.26. The van der Waals surface area contributed by atoms with Crippen LogP contribution >= 0.6 is 15.9 Å². The lowest BCUT2D eigenvalue weighted by Crippen LogP contribution is -2.36. The molecule has 21 heavy (non-hydrogen) atoms. The van der Waals surface area contributed by atoms with Crippen molar-refractivity contribution in [3.8, 4) is 0 Å². The van der Waals surface area contributed by atoms with E-state index >= 15 is 0 Å². The molecule has 110 valence electrons. The van der Waals surface area contributed by atoms with Gasteiger partial charge in [0.05, 0.1) is 11.8 Å². The molecular weight excluding hydrogens is 336 g/mol. The van der Waals surface area contributed by atoms with Gasteiger partial charge in [0.2, 0.25) is 5.91 Å². The summed E-state index contributed by atoms with van der Waals surface area (Å²) in [6.45, 7) is 1.85. The van der Waals surface area contributed by atoms with Gasteiger partial charge in [0.25, 0.3) is 0 Å². The van der Waals surface area contributed by atoms with Gasteiger partial charge in [-0.3, -0.25) is 9.59 Å². The molecular formula is C15H15BrN2O3. The van der Waals surface area contributed by atoms with Crippen LogP contribution in [0.3, 0.4) is 0 Å². The van der Waals surface area contributed by atoms with Gasteiger partial charge in [0.15, 0.2) is 0 Å². The number of carbonyl (C=O) groups excluding carboxylic acids is 1. The molecule has 2 aliphatic rings. The molecule has 2 N–H and O–H groups in total. The van der Waals surface area contributed by atoms with Crippen LogP contribution in [0.25, 0.3) is 0 Å². The fourth-order valence-corrected chi connectivity index (χ4v) is 3.83. The molecule has 2 bridgehead atoms. The summed E-state index contributed by atoms with van der Waals surface area (Å²) in [7, 11) is 0. The molecule has 1 amide bonds. The molecule has 1 heterocycles. The zero-order valence-corrected chi connectivity index (χ0v) is 13.0. The van der Waals surface area contributed by atoms with Crippen molar-refractivity contribution in [1.82, 2.24) is 4.98 Å². The number of hydrogen-bond donors (Lipinski definition) is 2. The monoisotopic (exact) mass is 350 g/mol. The Kier molecular flexibility index (Phi) is 3.57. The van der Waals surface area contributed by atoms with Crippen LogP contribution in [-0.2, 0) is 9.59 Å². The smallest absolute Gasteiger partial charge is 0.307 e. The molecule has 0 saturated heterocycles. The Morgan fingerprint density at radius 3 is 2.62 bits per heavy atom. The Morgan fingerprint density at radius 1 is 1.33 bits per heavy atom. The Morgan fingerprint density at radius 2 is 2.00 bits per heavy atom. The number of rotatable bonds is 3. The van der Waals surface area contributed by atoms with Crippen molar-refractivity contribution in [2.45, 2.75) is 13.3 Å². The van der Waals surface area contributed by atoms with Gasteiger partial charge in [-0.2, -0.15) is 0 Å². The van der Waals surface area contributed by atoms with E-state index in [4.69, 9.17) is 0 Å². The molecule has 0 aromatic carbocycles. The molecule has 2 unspecified atom stereocenters. The van der Waals surface area contributed by atoms with Gasteiger partial charge >= 0.3 is 5.97 Å². The zero-order valence-electron chi connectivity index (χ0n) is 11.4. The molecule has 1 aromatic heterocycles. The van der Waals surface area contributed by atoms with Crippen LogP contribution in [-0.4, -0.2) is 22.0 Å². The number of carboxylic acids is 1. The molecule has 4 atom stereocenters. The van der Waals surface area contributed by atoms with Gasteiger partial charge in [-0.05, 0) is 52.7 Å². The van der Waals surface area contributed by atoms with Crippen LogP contribution in [0.5, 0.6) is 0 Å². The van der Waals surface area contributed by atoms with Crippen molar-refractivity contribution < 1.29 is 14.7 Å². The van der Waals surface area contributed by atoms with E-state index in [2.05, 4.69) is 26.2 Å². The number of halogens is 1.